The maximum absolute atomic E-state index is 12.3. The van der Waals surface area contributed by atoms with Gasteiger partial charge in [0.2, 0.25) is 0 Å². The van der Waals surface area contributed by atoms with Gasteiger partial charge in [-0.15, -0.1) is 0 Å². The average Bonchev–Trinajstić information content (AvgIpc) is 2.52. The quantitative estimate of drug-likeness (QED) is 0.685. The van der Waals surface area contributed by atoms with E-state index >= 15 is 0 Å². The number of likely N-dealkylation sites (N-methyl/N-ethyl adjacent to an activating group) is 1. The Morgan fingerprint density at radius 1 is 0.952 bits per heavy atom. The first-order valence-corrected chi connectivity index (χ1v) is 6.97. The molecule has 0 saturated carbocycles. The Balaban J connectivity index is 2.79. The second kappa shape index (κ2) is 9.10. The van der Waals surface area contributed by atoms with Crippen LogP contribution >= 0.6 is 0 Å². The van der Waals surface area contributed by atoms with Gasteiger partial charge in [0.25, 0.3) is 0 Å². The topological polar surface area (TPSA) is 81.1 Å². The van der Waals surface area contributed by atoms with Gasteiger partial charge in [-0.25, -0.2) is 0 Å². The molecule has 6 heteroatoms. The number of aliphatic hydroxyl groups is 2. The summed E-state index contributed by atoms with van der Waals surface area (Å²) in [5.41, 5.74) is 0.886. The summed E-state index contributed by atoms with van der Waals surface area (Å²) in [6, 6.07) is 9.28. The van der Waals surface area contributed by atoms with Crippen LogP contribution in [0.4, 0.5) is 0 Å². The highest BCUT2D eigenvalue weighted by atomic mass is 16.3. The third-order valence-corrected chi connectivity index (χ3v) is 3.10. The maximum atomic E-state index is 12.3. The highest BCUT2D eigenvalue weighted by Gasteiger charge is 2.25. The molecular weight excluding hydrogens is 272 g/mol. The number of aliphatic hydroxyl groups excluding tert-OH is 2. The molecule has 1 aromatic carbocycles. The van der Waals surface area contributed by atoms with Crippen molar-refractivity contribution in [2.45, 2.75) is 13.5 Å². The smallest absolute Gasteiger partial charge is 0.312 e. The molecule has 0 unspecified atom stereocenters. The Kier molecular flexibility index (Phi) is 7.42. The molecule has 2 amide bonds. The van der Waals surface area contributed by atoms with Crippen molar-refractivity contribution >= 4 is 11.8 Å². The van der Waals surface area contributed by atoms with Crippen molar-refractivity contribution in [2.75, 3.05) is 32.8 Å². The van der Waals surface area contributed by atoms with Gasteiger partial charge < -0.3 is 20.0 Å². The molecule has 2 N–H and O–H groups in total. The van der Waals surface area contributed by atoms with Gasteiger partial charge in [-0.3, -0.25) is 9.59 Å². The van der Waals surface area contributed by atoms with Crippen LogP contribution in [0.1, 0.15) is 12.5 Å². The number of benzene rings is 1. The fraction of sp³-hybridized carbons (Fsp3) is 0.467. The molecule has 0 aliphatic heterocycles. The summed E-state index contributed by atoms with van der Waals surface area (Å²) < 4.78 is 0. The van der Waals surface area contributed by atoms with Crippen LogP contribution in [0.15, 0.2) is 30.3 Å². The minimum Gasteiger partial charge on any atom is -0.395 e. The minimum absolute atomic E-state index is 0.0934. The molecule has 0 aromatic heterocycles. The van der Waals surface area contributed by atoms with E-state index in [2.05, 4.69) is 0 Å². The molecule has 116 valence electrons. The number of hydrogen-bond acceptors (Lipinski definition) is 4. The number of nitrogens with zero attached hydrogens (tertiary/aromatic N) is 2. The fourth-order valence-corrected chi connectivity index (χ4v) is 1.97. The van der Waals surface area contributed by atoms with E-state index in [0.717, 1.165) is 5.56 Å². The summed E-state index contributed by atoms with van der Waals surface area (Å²) >= 11 is 0. The zero-order valence-electron chi connectivity index (χ0n) is 12.2. The van der Waals surface area contributed by atoms with Crippen LogP contribution in [0.3, 0.4) is 0 Å². The lowest BCUT2D eigenvalue weighted by molar-refractivity contribution is -0.152. The summed E-state index contributed by atoms with van der Waals surface area (Å²) in [6.07, 6.45) is 0. The third kappa shape index (κ3) is 5.17. The lowest BCUT2D eigenvalue weighted by atomic mass is 10.2. The normalized spacial score (nSPS) is 10.2. The van der Waals surface area contributed by atoms with E-state index in [0.29, 0.717) is 6.54 Å². The Morgan fingerprint density at radius 3 is 2.00 bits per heavy atom. The van der Waals surface area contributed by atoms with Crippen LogP contribution in [0, 0.1) is 0 Å². The summed E-state index contributed by atoms with van der Waals surface area (Å²) in [7, 11) is 0. The van der Waals surface area contributed by atoms with Crippen LogP contribution in [-0.2, 0) is 16.1 Å². The van der Waals surface area contributed by atoms with Crippen molar-refractivity contribution in [3.05, 3.63) is 35.9 Å². The number of carbonyl (C=O) groups excluding carboxylic acids is 2. The zero-order chi connectivity index (χ0) is 15.7. The monoisotopic (exact) mass is 294 g/mol. The second-order valence-electron chi connectivity index (χ2n) is 4.54. The van der Waals surface area contributed by atoms with Gasteiger partial charge in [-0.1, -0.05) is 30.3 Å². The van der Waals surface area contributed by atoms with Gasteiger partial charge in [0, 0.05) is 26.2 Å². The molecule has 0 bridgehead atoms. The molecule has 0 saturated heterocycles. The molecule has 0 radical (unpaired) electrons. The van der Waals surface area contributed by atoms with Crippen LogP contribution in [0.2, 0.25) is 0 Å². The van der Waals surface area contributed by atoms with Crippen LogP contribution in [-0.4, -0.2) is 64.7 Å². The summed E-state index contributed by atoms with van der Waals surface area (Å²) in [5.74, 6) is -1.32. The molecule has 0 aliphatic rings. The van der Waals surface area contributed by atoms with Crippen LogP contribution < -0.4 is 0 Å². The van der Waals surface area contributed by atoms with E-state index in [1.807, 2.05) is 30.3 Å². The first kappa shape index (κ1) is 17.1. The van der Waals surface area contributed by atoms with Gasteiger partial charge in [0.15, 0.2) is 0 Å². The Hall–Kier alpha value is -1.92. The first-order valence-electron chi connectivity index (χ1n) is 6.97. The lowest BCUT2D eigenvalue weighted by Crippen LogP contribution is -2.46. The lowest BCUT2D eigenvalue weighted by Gasteiger charge is -2.25. The fourth-order valence-electron chi connectivity index (χ4n) is 1.97. The van der Waals surface area contributed by atoms with E-state index < -0.39 is 11.8 Å². The predicted octanol–water partition coefficient (Wildman–Crippen LogP) is -0.152. The highest BCUT2D eigenvalue weighted by Crippen LogP contribution is 2.06. The molecule has 0 aliphatic carbocycles. The van der Waals surface area contributed by atoms with E-state index in [-0.39, 0.29) is 32.8 Å². The molecular formula is C15H22N2O4. The van der Waals surface area contributed by atoms with Crippen molar-refractivity contribution in [3.8, 4) is 0 Å². The number of carbonyl (C=O) groups is 2. The maximum Gasteiger partial charge on any atom is 0.312 e. The van der Waals surface area contributed by atoms with Crippen molar-refractivity contribution in [1.29, 1.82) is 0 Å². The van der Waals surface area contributed by atoms with Gasteiger partial charge in [0.1, 0.15) is 0 Å². The molecule has 21 heavy (non-hydrogen) atoms. The number of amides is 2. The van der Waals surface area contributed by atoms with E-state index in [9.17, 15) is 9.59 Å². The van der Waals surface area contributed by atoms with Gasteiger partial charge in [-0.05, 0) is 12.5 Å². The third-order valence-electron chi connectivity index (χ3n) is 3.10. The molecule has 0 fully saturated rings. The summed E-state index contributed by atoms with van der Waals surface area (Å²) in [6.45, 7) is 2.18. The number of rotatable bonds is 7. The van der Waals surface area contributed by atoms with E-state index in [4.69, 9.17) is 10.2 Å². The van der Waals surface area contributed by atoms with Crippen molar-refractivity contribution < 1.29 is 19.8 Å². The molecule has 6 nitrogen and oxygen atoms in total. The van der Waals surface area contributed by atoms with Crippen LogP contribution in [0.5, 0.6) is 0 Å². The van der Waals surface area contributed by atoms with E-state index in [1.54, 1.807) is 6.92 Å². The van der Waals surface area contributed by atoms with Gasteiger partial charge >= 0.3 is 11.8 Å². The SMILES string of the molecule is CCN(CCO)C(=O)C(=O)N(CCO)Cc1ccccc1. The first-order chi connectivity index (χ1) is 10.1. The summed E-state index contributed by atoms with van der Waals surface area (Å²) in [5, 5.41) is 18.0. The molecule has 1 rings (SSSR count). The molecule has 1 aromatic rings. The molecule has 0 atom stereocenters. The molecule has 0 heterocycles. The largest absolute Gasteiger partial charge is 0.395 e. The standard InChI is InChI=1S/C15H22N2O4/c1-2-16(8-10-18)14(20)15(21)17(9-11-19)12-13-6-4-3-5-7-13/h3-7,18-19H,2,8-12H2,1H3. The number of hydrogen-bond donors (Lipinski definition) is 2. The Bertz CT molecular complexity index is 450. The summed E-state index contributed by atoms with van der Waals surface area (Å²) in [4.78, 5) is 27.0. The zero-order valence-corrected chi connectivity index (χ0v) is 12.2. The van der Waals surface area contributed by atoms with Crippen LogP contribution in [0.25, 0.3) is 0 Å². The highest BCUT2D eigenvalue weighted by molar-refractivity contribution is 6.34. The minimum atomic E-state index is -0.664. The van der Waals surface area contributed by atoms with Gasteiger partial charge in [0.05, 0.1) is 13.2 Å². The van der Waals surface area contributed by atoms with Crippen molar-refractivity contribution in [1.82, 2.24) is 9.80 Å². The predicted molar refractivity (Wildman–Crippen MR) is 78.3 cm³/mol. The Morgan fingerprint density at radius 2 is 1.48 bits per heavy atom. The Labute approximate surface area is 124 Å². The van der Waals surface area contributed by atoms with E-state index in [1.165, 1.54) is 9.80 Å². The van der Waals surface area contributed by atoms with Crippen molar-refractivity contribution in [2.24, 2.45) is 0 Å². The van der Waals surface area contributed by atoms with Crippen molar-refractivity contribution in [3.63, 3.8) is 0 Å². The van der Waals surface area contributed by atoms with Gasteiger partial charge in [-0.2, -0.15) is 0 Å². The average molecular weight is 294 g/mol. The second-order valence-corrected chi connectivity index (χ2v) is 4.54. The molecule has 0 spiro atoms.